The maximum atomic E-state index is 9.19. The molecule has 1 aliphatic carbocycles. The Morgan fingerprint density at radius 3 is 2.95 bits per heavy atom. The molecule has 0 bridgehead atoms. The number of rotatable bonds is 3. The minimum absolute atomic E-state index is 0.0540. The Bertz CT molecular complexity index is 462. The van der Waals surface area contributed by atoms with E-state index < -0.39 is 0 Å². The highest BCUT2D eigenvalue weighted by Gasteiger charge is 2.52. The predicted molar refractivity (Wildman–Crippen MR) is 71.4 cm³/mol. The number of aromatic nitrogens is 2. The van der Waals surface area contributed by atoms with Gasteiger partial charge in [-0.1, -0.05) is 0 Å². The zero-order chi connectivity index (χ0) is 12.8. The van der Waals surface area contributed by atoms with E-state index in [4.69, 9.17) is 0 Å². The Morgan fingerprint density at radius 2 is 2.16 bits per heavy atom. The zero-order valence-electron chi connectivity index (χ0n) is 11.3. The summed E-state index contributed by atoms with van der Waals surface area (Å²) in [5.74, 6) is 2.82. The van der Waals surface area contributed by atoms with Crippen molar-refractivity contribution in [2.75, 3.05) is 26.2 Å². The van der Waals surface area contributed by atoms with E-state index in [9.17, 15) is 5.11 Å². The van der Waals surface area contributed by atoms with Crippen LogP contribution < -0.4 is 5.32 Å². The van der Waals surface area contributed by atoms with E-state index in [1.54, 1.807) is 0 Å². The maximum Gasteiger partial charge on any atom is 0.0882 e. The number of aryl methyl sites for hydroxylation is 1. The summed E-state index contributed by atoms with van der Waals surface area (Å²) in [7, 11) is 0. The van der Waals surface area contributed by atoms with Crippen molar-refractivity contribution in [3.63, 3.8) is 0 Å². The van der Waals surface area contributed by atoms with Gasteiger partial charge in [0.25, 0.3) is 0 Å². The number of piperidine rings is 1. The van der Waals surface area contributed by atoms with E-state index >= 15 is 0 Å². The van der Waals surface area contributed by atoms with E-state index in [-0.39, 0.29) is 6.61 Å². The van der Waals surface area contributed by atoms with E-state index in [2.05, 4.69) is 26.1 Å². The molecule has 19 heavy (non-hydrogen) atoms. The van der Waals surface area contributed by atoms with E-state index in [1.807, 2.05) is 0 Å². The monoisotopic (exact) mass is 262 g/mol. The van der Waals surface area contributed by atoms with Crippen LogP contribution in [-0.4, -0.2) is 46.0 Å². The lowest BCUT2D eigenvalue weighted by molar-refractivity contribution is 0.246. The Kier molecular flexibility index (Phi) is 2.86. The third kappa shape index (κ3) is 2.10. The van der Waals surface area contributed by atoms with Crippen molar-refractivity contribution >= 4 is 0 Å². The number of aliphatic hydroxyl groups is 1. The molecule has 5 heteroatoms. The fraction of sp³-hybridized carbons (Fsp3) is 0.786. The van der Waals surface area contributed by atoms with Crippen molar-refractivity contribution in [1.82, 2.24) is 20.0 Å². The molecule has 2 aliphatic heterocycles. The Morgan fingerprint density at radius 1 is 1.32 bits per heavy atom. The fourth-order valence-corrected chi connectivity index (χ4v) is 3.94. The van der Waals surface area contributed by atoms with Crippen LogP contribution in [0.15, 0.2) is 6.07 Å². The molecule has 2 N–H and O–H groups in total. The molecule has 3 aliphatic rings. The molecule has 104 valence electrons. The van der Waals surface area contributed by atoms with Gasteiger partial charge in [-0.2, -0.15) is 5.10 Å². The van der Waals surface area contributed by atoms with Crippen molar-refractivity contribution in [3.05, 3.63) is 17.5 Å². The molecule has 5 nitrogen and oxygen atoms in total. The van der Waals surface area contributed by atoms with Gasteiger partial charge in [0.15, 0.2) is 0 Å². The van der Waals surface area contributed by atoms with Gasteiger partial charge in [-0.3, -0.25) is 9.58 Å². The van der Waals surface area contributed by atoms with Gasteiger partial charge in [-0.05, 0) is 43.3 Å². The second-order valence-electron chi connectivity index (χ2n) is 6.25. The minimum atomic E-state index is 0.0540. The first-order chi connectivity index (χ1) is 9.35. The SMILES string of the molecule is OCc1cc2n(n1)CCCN(CC1[C@H]3CNC[C@@H]13)C2. The van der Waals surface area contributed by atoms with Gasteiger partial charge in [-0.15, -0.1) is 0 Å². The summed E-state index contributed by atoms with van der Waals surface area (Å²) in [4.78, 5) is 2.59. The summed E-state index contributed by atoms with van der Waals surface area (Å²) in [5, 5.41) is 17.1. The zero-order valence-corrected chi connectivity index (χ0v) is 11.3. The summed E-state index contributed by atoms with van der Waals surface area (Å²) in [6.45, 7) is 6.93. The van der Waals surface area contributed by atoms with E-state index in [1.165, 1.54) is 38.3 Å². The van der Waals surface area contributed by atoms with Gasteiger partial charge in [0.2, 0.25) is 0 Å². The number of fused-ring (bicyclic) bond motifs is 2. The van der Waals surface area contributed by atoms with Gasteiger partial charge >= 0.3 is 0 Å². The van der Waals surface area contributed by atoms with Gasteiger partial charge in [0.05, 0.1) is 18.0 Å². The number of nitrogens with zero attached hydrogens (tertiary/aromatic N) is 3. The van der Waals surface area contributed by atoms with Crippen molar-refractivity contribution in [2.24, 2.45) is 17.8 Å². The molecule has 0 aromatic carbocycles. The van der Waals surface area contributed by atoms with Gasteiger partial charge < -0.3 is 10.4 Å². The predicted octanol–water partition coefficient (Wildman–Crippen LogP) is 0.0465. The topological polar surface area (TPSA) is 53.3 Å². The van der Waals surface area contributed by atoms with Crippen molar-refractivity contribution in [1.29, 1.82) is 0 Å². The van der Waals surface area contributed by atoms with Crippen LogP contribution in [0.1, 0.15) is 17.8 Å². The van der Waals surface area contributed by atoms with E-state index in [0.717, 1.165) is 36.5 Å². The third-order valence-electron chi connectivity index (χ3n) is 5.04. The lowest BCUT2D eigenvalue weighted by Crippen LogP contribution is -2.28. The molecule has 1 unspecified atom stereocenters. The lowest BCUT2D eigenvalue weighted by atomic mass is 10.2. The van der Waals surface area contributed by atoms with Gasteiger partial charge in [-0.25, -0.2) is 0 Å². The highest BCUT2D eigenvalue weighted by atomic mass is 16.3. The van der Waals surface area contributed by atoms with Crippen LogP contribution in [0.4, 0.5) is 0 Å². The maximum absolute atomic E-state index is 9.19. The van der Waals surface area contributed by atoms with E-state index in [0.29, 0.717) is 0 Å². The average Bonchev–Trinajstić information content (AvgIpc) is 2.79. The fourth-order valence-electron chi connectivity index (χ4n) is 3.94. The number of hydrogen-bond acceptors (Lipinski definition) is 4. The largest absolute Gasteiger partial charge is 0.390 e. The molecule has 1 aromatic heterocycles. The molecule has 4 rings (SSSR count). The number of aliphatic hydroxyl groups excluding tert-OH is 1. The first-order valence-corrected chi connectivity index (χ1v) is 7.44. The normalized spacial score (nSPS) is 33.8. The summed E-state index contributed by atoms with van der Waals surface area (Å²) < 4.78 is 2.08. The second kappa shape index (κ2) is 4.58. The molecule has 0 radical (unpaired) electrons. The van der Waals surface area contributed by atoms with Crippen LogP contribution in [-0.2, 0) is 19.7 Å². The second-order valence-corrected chi connectivity index (χ2v) is 6.25. The number of nitrogens with one attached hydrogen (secondary N) is 1. The summed E-state index contributed by atoms with van der Waals surface area (Å²) in [5.41, 5.74) is 2.08. The van der Waals surface area contributed by atoms with Crippen LogP contribution in [0.25, 0.3) is 0 Å². The van der Waals surface area contributed by atoms with Crippen molar-refractivity contribution < 1.29 is 5.11 Å². The number of hydrogen-bond donors (Lipinski definition) is 2. The molecular weight excluding hydrogens is 240 g/mol. The molecule has 0 spiro atoms. The smallest absolute Gasteiger partial charge is 0.0882 e. The molecule has 1 saturated heterocycles. The van der Waals surface area contributed by atoms with Crippen LogP contribution in [0, 0.1) is 17.8 Å². The summed E-state index contributed by atoms with van der Waals surface area (Å²) >= 11 is 0. The molecule has 0 amide bonds. The average molecular weight is 262 g/mol. The third-order valence-corrected chi connectivity index (χ3v) is 5.04. The Balaban J connectivity index is 1.43. The van der Waals surface area contributed by atoms with Crippen LogP contribution in [0.2, 0.25) is 0 Å². The summed E-state index contributed by atoms with van der Waals surface area (Å²) in [6, 6.07) is 2.06. The molecule has 3 heterocycles. The molecular formula is C14H22N4O. The molecule has 1 saturated carbocycles. The molecule has 3 atom stereocenters. The standard InChI is InChI=1S/C14H22N4O/c19-9-10-4-11-7-17(2-1-3-18(11)16-10)8-14-12-5-15-6-13(12)14/h4,12-15,19H,1-3,5-9H2/t12-,13+,14?. The van der Waals surface area contributed by atoms with Crippen molar-refractivity contribution in [3.8, 4) is 0 Å². The van der Waals surface area contributed by atoms with Crippen LogP contribution in [0.3, 0.4) is 0 Å². The quantitative estimate of drug-likeness (QED) is 0.808. The Labute approximate surface area is 113 Å². The lowest BCUT2D eigenvalue weighted by Gasteiger charge is -2.20. The molecule has 1 aromatic rings. The van der Waals surface area contributed by atoms with Crippen LogP contribution >= 0.6 is 0 Å². The first-order valence-electron chi connectivity index (χ1n) is 7.44. The highest BCUT2D eigenvalue weighted by molar-refractivity contribution is 5.11. The van der Waals surface area contributed by atoms with Crippen LogP contribution in [0.5, 0.6) is 0 Å². The first kappa shape index (κ1) is 11.9. The van der Waals surface area contributed by atoms with Gasteiger partial charge in [0.1, 0.15) is 0 Å². The van der Waals surface area contributed by atoms with Crippen molar-refractivity contribution in [2.45, 2.75) is 26.1 Å². The summed E-state index contributed by atoms with van der Waals surface area (Å²) in [6.07, 6.45) is 1.17. The van der Waals surface area contributed by atoms with Gasteiger partial charge in [0, 0.05) is 26.2 Å². The minimum Gasteiger partial charge on any atom is -0.390 e. The highest BCUT2D eigenvalue weighted by Crippen LogP contribution is 2.49. The molecule has 2 fully saturated rings. The Hall–Kier alpha value is -0.910.